The molecule has 4 fully saturated rings. The second-order valence-electron chi connectivity index (χ2n) is 9.63. The molecule has 4 nitrogen and oxygen atoms in total. The summed E-state index contributed by atoms with van der Waals surface area (Å²) in [6.07, 6.45) is 3.74. The Morgan fingerprint density at radius 3 is 2.09 bits per heavy atom. The first-order valence-electron chi connectivity index (χ1n) is 9.10. The number of hydrogen-bond donors (Lipinski definition) is 0. The molecule has 130 valence electrons. The highest BCUT2D eigenvalue weighted by molar-refractivity contribution is 5.90. The third kappa shape index (κ3) is 2.11. The van der Waals surface area contributed by atoms with Gasteiger partial charge in [0, 0.05) is 29.6 Å². The zero-order valence-electron chi connectivity index (χ0n) is 15.1. The molecule has 2 aliphatic carbocycles. The minimum atomic E-state index is -0.416. The highest BCUT2D eigenvalue weighted by atomic mass is 16.7. The van der Waals surface area contributed by atoms with Gasteiger partial charge in [-0.3, -0.25) is 4.79 Å². The van der Waals surface area contributed by atoms with Gasteiger partial charge in [0.25, 0.3) is 0 Å². The lowest BCUT2D eigenvalue weighted by atomic mass is 9.48. The summed E-state index contributed by atoms with van der Waals surface area (Å²) in [5.41, 5.74) is 0.163. The Labute approximate surface area is 139 Å². The Morgan fingerprint density at radius 1 is 0.957 bits per heavy atom. The molecule has 2 saturated heterocycles. The number of epoxide rings is 1. The van der Waals surface area contributed by atoms with Crippen molar-refractivity contribution < 1.29 is 19.0 Å². The van der Waals surface area contributed by atoms with Gasteiger partial charge >= 0.3 is 0 Å². The predicted molar refractivity (Wildman–Crippen MR) is 85.9 cm³/mol. The van der Waals surface area contributed by atoms with E-state index in [-0.39, 0.29) is 34.4 Å². The van der Waals surface area contributed by atoms with Gasteiger partial charge < -0.3 is 14.2 Å². The highest BCUT2D eigenvalue weighted by Gasteiger charge is 2.70. The number of ether oxygens (including phenoxy) is 3. The van der Waals surface area contributed by atoms with Crippen LogP contribution in [0.3, 0.4) is 0 Å². The molecular formula is C19H30O4. The summed E-state index contributed by atoms with van der Waals surface area (Å²) in [5, 5.41) is 0. The number of hydrogen-bond acceptors (Lipinski definition) is 4. The van der Waals surface area contributed by atoms with E-state index in [9.17, 15) is 4.79 Å². The molecule has 2 heterocycles. The molecule has 4 heteroatoms. The Balaban J connectivity index is 1.55. The third-order valence-electron chi connectivity index (χ3n) is 7.38. The fourth-order valence-electron chi connectivity index (χ4n) is 5.42. The lowest BCUT2D eigenvalue weighted by Crippen LogP contribution is -2.59. The van der Waals surface area contributed by atoms with E-state index < -0.39 is 5.79 Å². The Hall–Kier alpha value is -0.450. The van der Waals surface area contributed by atoms with Crippen LogP contribution < -0.4 is 0 Å². The fraction of sp³-hybridized carbons (Fsp3) is 0.947. The van der Waals surface area contributed by atoms with Gasteiger partial charge in [-0.2, -0.15) is 0 Å². The number of ketones is 1. The number of carbonyl (C=O) groups is 1. The molecule has 0 bridgehead atoms. The summed E-state index contributed by atoms with van der Waals surface area (Å²) in [6.45, 7) is 12.6. The molecule has 3 atom stereocenters. The maximum Gasteiger partial charge on any atom is 0.168 e. The summed E-state index contributed by atoms with van der Waals surface area (Å²) in [6, 6.07) is 0. The van der Waals surface area contributed by atoms with Crippen LogP contribution in [0.1, 0.15) is 60.3 Å². The summed E-state index contributed by atoms with van der Waals surface area (Å²) < 4.78 is 18.1. The van der Waals surface area contributed by atoms with Gasteiger partial charge in [-0.05, 0) is 18.3 Å². The summed E-state index contributed by atoms with van der Waals surface area (Å²) in [7, 11) is 0. The minimum absolute atomic E-state index is 0.0205. The molecule has 0 aromatic heterocycles. The van der Waals surface area contributed by atoms with E-state index in [0.29, 0.717) is 5.78 Å². The molecule has 0 aromatic rings. The van der Waals surface area contributed by atoms with Crippen LogP contribution in [0.4, 0.5) is 0 Å². The average molecular weight is 322 g/mol. The fourth-order valence-corrected chi connectivity index (χ4v) is 5.42. The maximum atomic E-state index is 12.6. The SMILES string of the molecule is C[C@H]1C(=O)[C@@H]2O[C@@H]2C(C)(C)C12CCC1(CC2)OCC(C)(C)CO1. The number of rotatable bonds is 0. The van der Waals surface area contributed by atoms with Crippen LogP contribution in [0.15, 0.2) is 0 Å². The van der Waals surface area contributed by atoms with Crippen LogP contribution in [0, 0.1) is 22.2 Å². The van der Waals surface area contributed by atoms with Crippen molar-refractivity contribution in [1.82, 2.24) is 0 Å². The maximum absolute atomic E-state index is 12.6. The standard InChI is InChI=1S/C19H30O4/c1-12-13(20)14-15(23-14)17(4,5)18(12)6-8-19(9-7-18)21-10-16(2,3)11-22-19/h12,14-15H,6-11H2,1-5H3/t12-,14-,15-/m0/s1. The van der Waals surface area contributed by atoms with E-state index in [1.165, 1.54) is 0 Å². The predicted octanol–water partition coefficient (Wildman–Crippen LogP) is 3.33. The molecular weight excluding hydrogens is 292 g/mol. The Kier molecular flexibility index (Phi) is 3.20. The molecule has 0 radical (unpaired) electrons. The van der Waals surface area contributed by atoms with Gasteiger partial charge in [0.1, 0.15) is 6.10 Å². The first kappa shape index (κ1) is 16.0. The Morgan fingerprint density at radius 2 is 1.52 bits per heavy atom. The van der Waals surface area contributed by atoms with E-state index >= 15 is 0 Å². The van der Waals surface area contributed by atoms with Crippen LogP contribution in [0.5, 0.6) is 0 Å². The smallest absolute Gasteiger partial charge is 0.168 e. The van der Waals surface area contributed by atoms with Crippen molar-refractivity contribution in [3.8, 4) is 0 Å². The number of carbonyl (C=O) groups excluding carboxylic acids is 1. The lowest BCUT2D eigenvalue weighted by molar-refractivity contribution is -0.321. The zero-order valence-corrected chi connectivity index (χ0v) is 15.1. The molecule has 0 unspecified atom stereocenters. The molecule has 2 spiro atoms. The van der Waals surface area contributed by atoms with Crippen molar-refractivity contribution >= 4 is 5.78 Å². The second kappa shape index (κ2) is 4.59. The Bertz CT molecular complexity index is 515. The van der Waals surface area contributed by atoms with E-state index in [0.717, 1.165) is 38.9 Å². The van der Waals surface area contributed by atoms with Crippen LogP contribution in [-0.4, -0.2) is 37.0 Å². The number of Topliss-reactive ketones (excluding diaryl/α,β-unsaturated/α-hetero) is 1. The normalized spacial score (nSPS) is 42.5. The topological polar surface area (TPSA) is 48.1 Å². The van der Waals surface area contributed by atoms with E-state index in [4.69, 9.17) is 14.2 Å². The highest BCUT2D eigenvalue weighted by Crippen LogP contribution is 2.66. The van der Waals surface area contributed by atoms with Crippen molar-refractivity contribution in [3.63, 3.8) is 0 Å². The third-order valence-corrected chi connectivity index (χ3v) is 7.38. The van der Waals surface area contributed by atoms with E-state index in [1.807, 2.05) is 0 Å². The summed E-state index contributed by atoms with van der Waals surface area (Å²) in [4.78, 5) is 12.6. The largest absolute Gasteiger partial charge is 0.361 e. The number of fused-ring (bicyclic) bond motifs is 1. The van der Waals surface area contributed by atoms with E-state index in [1.54, 1.807) is 0 Å². The lowest BCUT2D eigenvalue weighted by Gasteiger charge is -2.58. The van der Waals surface area contributed by atoms with Gasteiger partial charge in [0.2, 0.25) is 0 Å². The average Bonchev–Trinajstić information content (AvgIpc) is 3.30. The zero-order chi connectivity index (χ0) is 16.7. The van der Waals surface area contributed by atoms with Crippen LogP contribution in [0.2, 0.25) is 0 Å². The van der Waals surface area contributed by atoms with Gasteiger partial charge in [0.15, 0.2) is 11.6 Å². The van der Waals surface area contributed by atoms with Crippen LogP contribution in [-0.2, 0) is 19.0 Å². The van der Waals surface area contributed by atoms with Crippen molar-refractivity contribution in [2.24, 2.45) is 22.2 Å². The van der Waals surface area contributed by atoms with Crippen LogP contribution >= 0.6 is 0 Å². The van der Waals surface area contributed by atoms with Gasteiger partial charge in [0.05, 0.1) is 19.3 Å². The van der Waals surface area contributed by atoms with Gasteiger partial charge in [-0.1, -0.05) is 34.6 Å². The van der Waals surface area contributed by atoms with Crippen molar-refractivity contribution in [2.75, 3.05) is 13.2 Å². The molecule has 4 rings (SSSR count). The van der Waals surface area contributed by atoms with Crippen molar-refractivity contribution in [1.29, 1.82) is 0 Å². The first-order chi connectivity index (χ1) is 10.6. The second-order valence-corrected chi connectivity index (χ2v) is 9.63. The minimum Gasteiger partial charge on any atom is -0.361 e. The molecule has 0 aromatic carbocycles. The molecule has 0 N–H and O–H groups in total. The van der Waals surface area contributed by atoms with Crippen molar-refractivity contribution in [3.05, 3.63) is 0 Å². The van der Waals surface area contributed by atoms with Crippen LogP contribution in [0.25, 0.3) is 0 Å². The molecule has 0 amide bonds. The molecule has 4 aliphatic rings. The van der Waals surface area contributed by atoms with Crippen molar-refractivity contribution in [2.45, 2.75) is 78.3 Å². The summed E-state index contributed by atoms with van der Waals surface area (Å²) >= 11 is 0. The first-order valence-corrected chi connectivity index (χ1v) is 9.10. The van der Waals surface area contributed by atoms with Gasteiger partial charge in [-0.15, -0.1) is 0 Å². The summed E-state index contributed by atoms with van der Waals surface area (Å²) in [5.74, 6) is -0.0311. The monoisotopic (exact) mass is 322 g/mol. The van der Waals surface area contributed by atoms with E-state index in [2.05, 4.69) is 34.6 Å². The molecule has 2 aliphatic heterocycles. The quantitative estimate of drug-likeness (QED) is 0.642. The molecule has 2 saturated carbocycles. The van der Waals surface area contributed by atoms with Gasteiger partial charge in [-0.25, -0.2) is 0 Å². The molecule has 23 heavy (non-hydrogen) atoms.